The zero-order chi connectivity index (χ0) is 19.7. The highest BCUT2D eigenvalue weighted by atomic mass is 35.5. The van der Waals surface area contributed by atoms with E-state index in [0.29, 0.717) is 22.1 Å². The maximum absolute atomic E-state index is 14.0. The van der Waals surface area contributed by atoms with Crippen LogP contribution in [0.5, 0.6) is 11.5 Å². The van der Waals surface area contributed by atoms with Crippen LogP contribution in [0.1, 0.15) is 21.5 Å². The van der Waals surface area contributed by atoms with Crippen molar-refractivity contribution >= 4 is 35.1 Å². The lowest BCUT2D eigenvalue weighted by Crippen LogP contribution is -1.99. The molecule has 28 heavy (non-hydrogen) atoms. The molecule has 0 aliphatic carbocycles. The summed E-state index contributed by atoms with van der Waals surface area (Å²) in [5, 5.41) is 0.811. The fraction of sp³-hybridized carbons (Fsp3) is 0.0455. The van der Waals surface area contributed by atoms with Gasteiger partial charge in [-0.25, -0.2) is 4.39 Å². The van der Waals surface area contributed by atoms with Gasteiger partial charge >= 0.3 is 0 Å². The molecule has 6 heteroatoms. The second kappa shape index (κ2) is 7.66. The Morgan fingerprint density at radius 1 is 1.00 bits per heavy atom. The van der Waals surface area contributed by atoms with E-state index in [1.165, 1.54) is 18.2 Å². The molecule has 3 aromatic carbocycles. The van der Waals surface area contributed by atoms with Gasteiger partial charge in [0.1, 0.15) is 23.9 Å². The van der Waals surface area contributed by atoms with Gasteiger partial charge in [-0.3, -0.25) is 4.79 Å². The molecule has 0 saturated carbocycles. The zero-order valence-electron chi connectivity index (χ0n) is 14.4. The van der Waals surface area contributed by atoms with Crippen LogP contribution in [0, 0.1) is 5.82 Å². The molecule has 4 rings (SSSR count). The molecule has 0 spiro atoms. The quantitative estimate of drug-likeness (QED) is 0.468. The third kappa shape index (κ3) is 3.61. The highest BCUT2D eigenvalue weighted by molar-refractivity contribution is 6.32. The van der Waals surface area contributed by atoms with Gasteiger partial charge in [-0.15, -0.1) is 0 Å². The third-order valence-corrected chi connectivity index (χ3v) is 4.97. The summed E-state index contributed by atoms with van der Waals surface area (Å²) in [6, 6.07) is 16.6. The molecule has 0 saturated heterocycles. The number of carbonyl (C=O) groups is 1. The van der Waals surface area contributed by atoms with Gasteiger partial charge in [0.2, 0.25) is 5.78 Å². The molecule has 3 aromatic rings. The first kappa shape index (κ1) is 18.5. The topological polar surface area (TPSA) is 35.5 Å². The summed E-state index contributed by atoms with van der Waals surface area (Å²) >= 11 is 12.1. The Hall–Kier alpha value is -2.82. The first-order valence-electron chi connectivity index (χ1n) is 8.41. The van der Waals surface area contributed by atoms with E-state index in [4.69, 9.17) is 32.7 Å². The van der Waals surface area contributed by atoms with Crippen molar-refractivity contribution in [3.05, 3.63) is 99.0 Å². The fourth-order valence-electron chi connectivity index (χ4n) is 2.81. The van der Waals surface area contributed by atoms with E-state index in [2.05, 4.69) is 0 Å². The van der Waals surface area contributed by atoms with Crippen LogP contribution in [-0.4, -0.2) is 5.78 Å². The Kier molecular flexibility index (Phi) is 5.07. The van der Waals surface area contributed by atoms with Gasteiger partial charge in [-0.05, 0) is 36.4 Å². The van der Waals surface area contributed by atoms with Crippen LogP contribution in [0.3, 0.4) is 0 Å². The molecule has 0 radical (unpaired) electrons. The number of ether oxygens (including phenoxy) is 2. The molecular formula is C22H13Cl2FO3. The lowest BCUT2D eigenvalue weighted by molar-refractivity contribution is 0.101. The molecular weight excluding hydrogens is 402 g/mol. The summed E-state index contributed by atoms with van der Waals surface area (Å²) in [7, 11) is 0. The average molecular weight is 415 g/mol. The predicted octanol–water partition coefficient (Wildman–Crippen LogP) is 6.33. The van der Waals surface area contributed by atoms with Crippen molar-refractivity contribution in [2.75, 3.05) is 0 Å². The minimum atomic E-state index is -0.531. The van der Waals surface area contributed by atoms with Crippen molar-refractivity contribution in [3.8, 4) is 11.5 Å². The van der Waals surface area contributed by atoms with Crippen LogP contribution < -0.4 is 9.47 Å². The molecule has 0 amide bonds. The Morgan fingerprint density at radius 3 is 2.57 bits per heavy atom. The Morgan fingerprint density at radius 2 is 1.79 bits per heavy atom. The molecule has 0 aromatic heterocycles. The van der Waals surface area contributed by atoms with E-state index < -0.39 is 5.82 Å². The highest BCUT2D eigenvalue weighted by Crippen LogP contribution is 2.36. The number of allylic oxidation sites excluding steroid dienone is 1. The molecule has 3 nitrogen and oxygen atoms in total. The van der Waals surface area contributed by atoms with Gasteiger partial charge in [0.15, 0.2) is 5.76 Å². The number of hydrogen-bond donors (Lipinski definition) is 0. The molecule has 1 heterocycles. The van der Waals surface area contributed by atoms with Crippen LogP contribution in [0.2, 0.25) is 10.0 Å². The number of Topliss-reactive ketones (excluding diaryl/α,β-unsaturated/α-hetero) is 1. The molecule has 140 valence electrons. The van der Waals surface area contributed by atoms with E-state index >= 15 is 0 Å². The van der Waals surface area contributed by atoms with E-state index in [-0.39, 0.29) is 28.7 Å². The van der Waals surface area contributed by atoms with Crippen LogP contribution in [0.25, 0.3) is 6.08 Å². The van der Waals surface area contributed by atoms with Crippen molar-refractivity contribution in [2.24, 2.45) is 0 Å². The summed E-state index contributed by atoms with van der Waals surface area (Å²) in [6.07, 6.45) is 1.31. The van der Waals surface area contributed by atoms with E-state index in [1.54, 1.807) is 30.3 Å². The minimum absolute atomic E-state index is 0.00486. The summed E-state index contributed by atoms with van der Waals surface area (Å²) in [6.45, 7) is 0.278. The van der Waals surface area contributed by atoms with Gasteiger partial charge in [0.05, 0.1) is 10.6 Å². The smallest absolute Gasteiger partial charge is 0.231 e. The molecule has 0 fully saturated rings. The Balaban J connectivity index is 1.56. The van der Waals surface area contributed by atoms with Gasteiger partial charge in [-0.2, -0.15) is 0 Å². The summed E-state index contributed by atoms with van der Waals surface area (Å²) in [4.78, 5) is 12.5. The minimum Gasteiger partial charge on any atom is -0.489 e. The van der Waals surface area contributed by atoms with Crippen molar-refractivity contribution < 1.29 is 18.7 Å². The maximum Gasteiger partial charge on any atom is 0.231 e. The van der Waals surface area contributed by atoms with Crippen molar-refractivity contribution in [2.45, 2.75) is 6.61 Å². The van der Waals surface area contributed by atoms with Gasteiger partial charge < -0.3 is 9.47 Å². The highest BCUT2D eigenvalue weighted by Gasteiger charge is 2.28. The summed E-state index contributed by atoms with van der Waals surface area (Å²) in [5.41, 5.74) is 1.33. The maximum atomic E-state index is 14.0. The number of halogens is 3. The van der Waals surface area contributed by atoms with Gasteiger partial charge in [0.25, 0.3) is 0 Å². The second-order valence-electron chi connectivity index (χ2n) is 6.11. The lowest BCUT2D eigenvalue weighted by Gasteiger charge is -2.08. The summed E-state index contributed by atoms with van der Waals surface area (Å²) in [5.74, 6) is 0.00496. The van der Waals surface area contributed by atoms with Crippen molar-refractivity contribution in [1.29, 1.82) is 0 Å². The number of ketones is 1. The van der Waals surface area contributed by atoms with E-state index in [0.717, 1.165) is 5.56 Å². The SMILES string of the molecule is O=C1/C(=C/c2c(F)cccc2Cl)Oc2cc(OCc3ccccc3Cl)ccc21. The van der Waals surface area contributed by atoms with E-state index in [9.17, 15) is 9.18 Å². The van der Waals surface area contributed by atoms with Crippen LogP contribution in [-0.2, 0) is 6.61 Å². The summed E-state index contributed by atoms with van der Waals surface area (Å²) < 4.78 is 25.4. The van der Waals surface area contributed by atoms with Crippen LogP contribution >= 0.6 is 23.2 Å². The molecule has 1 aliphatic heterocycles. The lowest BCUT2D eigenvalue weighted by atomic mass is 10.1. The Labute approximate surface area is 170 Å². The molecule has 0 atom stereocenters. The predicted molar refractivity (Wildman–Crippen MR) is 107 cm³/mol. The number of rotatable bonds is 4. The largest absolute Gasteiger partial charge is 0.489 e. The number of fused-ring (bicyclic) bond motifs is 1. The monoisotopic (exact) mass is 414 g/mol. The van der Waals surface area contributed by atoms with Gasteiger partial charge in [-0.1, -0.05) is 47.5 Å². The standard InChI is InChI=1S/C22H13Cl2FO3/c23-17-5-2-1-4-13(17)12-27-14-8-9-15-20(10-14)28-21(22(15)26)11-16-18(24)6-3-7-19(16)25/h1-11H,12H2/b21-11-. The average Bonchev–Trinajstić information content (AvgIpc) is 2.99. The molecule has 0 bridgehead atoms. The first-order valence-corrected chi connectivity index (χ1v) is 9.17. The van der Waals surface area contributed by atoms with Gasteiger partial charge in [0, 0.05) is 22.2 Å². The number of carbonyl (C=O) groups excluding carboxylic acids is 1. The Bertz CT molecular complexity index is 1090. The first-order chi connectivity index (χ1) is 13.5. The number of benzene rings is 3. The molecule has 0 N–H and O–H groups in total. The number of hydrogen-bond acceptors (Lipinski definition) is 3. The van der Waals surface area contributed by atoms with Crippen molar-refractivity contribution in [1.82, 2.24) is 0 Å². The normalized spacial score (nSPS) is 14.1. The van der Waals surface area contributed by atoms with Crippen LogP contribution in [0.4, 0.5) is 4.39 Å². The molecule has 1 aliphatic rings. The van der Waals surface area contributed by atoms with E-state index in [1.807, 2.05) is 18.2 Å². The second-order valence-corrected chi connectivity index (χ2v) is 6.93. The zero-order valence-corrected chi connectivity index (χ0v) is 15.9. The van der Waals surface area contributed by atoms with Crippen molar-refractivity contribution in [3.63, 3.8) is 0 Å². The molecule has 0 unspecified atom stereocenters. The fourth-order valence-corrected chi connectivity index (χ4v) is 3.22. The third-order valence-electron chi connectivity index (χ3n) is 4.27. The van der Waals surface area contributed by atoms with Crippen LogP contribution in [0.15, 0.2) is 66.4 Å².